The molecule has 1 aromatic carbocycles. The Labute approximate surface area is 131 Å². The maximum absolute atomic E-state index is 12.6. The van der Waals surface area contributed by atoms with Crippen molar-refractivity contribution in [3.05, 3.63) is 37.4 Å². The number of amides is 1. The lowest BCUT2D eigenvalue weighted by molar-refractivity contribution is -0.384. The lowest BCUT2D eigenvalue weighted by atomic mass is 9.93. The minimum atomic E-state index is -0.464. The number of benzene rings is 1. The van der Waals surface area contributed by atoms with Crippen LogP contribution in [0.3, 0.4) is 0 Å². The number of halogens is 1. The Morgan fingerprint density at radius 1 is 1.45 bits per heavy atom. The molecule has 2 atom stereocenters. The molecule has 108 valence electrons. The van der Waals surface area contributed by atoms with Gasteiger partial charge >= 0.3 is 0 Å². The highest BCUT2D eigenvalue weighted by Crippen LogP contribution is 2.26. The highest BCUT2D eigenvalue weighted by Gasteiger charge is 2.29. The molecule has 1 heterocycles. The number of nitro benzene ring substituents is 1. The van der Waals surface area contributed by atoms with E-state index < -0.39 is 4.92 Å². The van der Waals surface area contributed by atoms with Gasteiger partial charge in [0.25, 0.3) is 11.6 Å². The second-order valence-electron chi connectivity index (χ2n) is 5.40. The van der Waals surface area contributed by atoms with Crippen molar-refractivity contribution in [1.82, 2.24) is 4.90 Å². The van der Waals surface area contributed by atoms with Crippen LogP contribution < -0.4 is 0 Å². The van der Waals surface area contributed by atoms with Gasteiger partial charge in [0.2, 0.25) is 0 Å². The Hall–Kier alpha value is -1.18. The normalized spacial score (nSPS) is 22.6. The zero-order chi connectivity index (χ0) is 14.9. The summed E-state index contributed by atoms with van der Waals surface area (Å²) >= 11 is 2.05. The molecule has 0 bridgehead atoms. The van der Waals surface area contributed by atoms with Crippen molar-refractivity contribution in [3.63, 3.8) is 0 Å². The number of nitrogens with zero attached hydrogens (tertiary/aromatic N) is 2. The molecule has 5 nitrogen and oxygen atoms in total. The molecule has 2 unspecified atom stereocenters. The molecular weight excluding hydrogens is 371 g/mol. The van der Waals surface area contributed by atoms with Gasteiger partial charge in [0.1, 0.15) is 0 Å². The first kappa shape index (κ1) is 15.2. The summed E-state index contributed by atoms with van der Waals surface area (Å²) in [4.78, 5) is 24.8. The number of rotatable bonds is 2. The number of non-ortho nitro benzene ring substituents is 1. The molecule has 1 fully saturated rings. The summed E-state index contributed by atoms with van der Waals surface area (Å²) in [5.74, 6) is 0.524. The molecule has 0 spiro atoms. The van der Waals surface area contributed by atoms with Crippen LogP contribution in [0.25, 0.3) is 0 Å². The molecule has 0 radical (unpaired) electrons. The van der Waals surface area contributed by atoms with Crippen molar-refractivity contribution >= 4 is 34.2 Å². The van der Waals surface area contributed by atoms with E-state index in [1.165, 1.54) is 12.1 Å². The molecular formula is C14H17IN2O3. The first-order valence-electron chi connectivity index (χ1n) is 6.65. The van der Waals surface area contributed by atoms with Crippen LogP contribution in [-0.2, 0) is 0 Å². The zero-order valence-corrected chi connectivity index (χ0v) is 13.7. The Morgan fingerprint density at radius 3 is 2.75 bits per heavy atom. The lowest BCUT2D eigenvalue weighted by Gasteiger charge is -2.36. The summed E-state index contributed by atoms with van der Waals surface area (Å²) in [5.41, 5.74) is 0.396. The number of piperidine rings is 1. The summed E-state index contributed by atoms with van der Waals surface area (Å²) in [5, 5.41) is 10.8. The van der Waals surface area contributed by atoms with E-state index in [-0.39, 0.29) is 17.6 Å². The topological polar surface area (TPSA) is 63.5 Å². The molecule has 0 aromatic heterocycles. The van der Waals surface area contributed by atoms with Gasteiger partial charge in [0, 0.05) is 28.3 Å². The average molecular weight is 388 g/mol. The van der Waals surface area contributed by atoms with E-state index in [0.717, 1.165) is 23.0 Å². The molecule has 1 saturated heterocycles. The summed E-state index contributed by atoms with van der Waals surface area (Å²) in [7, 11) is 0. The molecule has 1 aromatic rings. The van der Waals surface area contributed by atoms with Crippen LogP contribution in [0, 0.1) is 19.6 Å². The van der Waals surface area contributed by atoms with Gasteiger partial charge in [-0.2, -0.15) is 0 Å². The van der Waals surface area contributed by atoms with E-state index in [4.69, 9.17) is 0 Å². The molecule has 0 N–H and O–H groups in total. The average Bonchev–Trinajstić information content (AvgIpc) is 2.38. The number of hydrogen-bond donors (Lipinski definition) is 0. The summed E-state index contributed by atoms with van der Waals surface area (Å²) in [6.45, 7) is 4.95. The number of carbonyl (C=O) groups excluding carboxylic acids is 1. The third-order valence-corrected chi connectivity index (χ3v) is 4.73. The van der Waals surface area contributed by atoms with E-state index in [2.05, 4.69) is 29.5 Å². The Morgan fingerprint density at radius 2 is 2.15 bits per heavy atom. The van der Waals surface area contributed by atoms with Crippen LogP contribution in [0.2, 0.25) is 0 Å². The second kappa shape index (κ2) is 6.07. The minimum absolute atomic E-state index is 0.0354. The van der Waals surface area contributed by atoms with Crippen molar-refractivity contribution < 1.29 is 9.72 Å². The number of nitro groups is 1. The molecule has 0 saturated carbocycles. The van der Waals surface area contributed by atoms with E-state index in [1.807, 2.05) is 11.8 Å². The van der Waals surface area contributed by atoms with Crippen molar-refractivity contribution in [2.75, 3.05) is 6.54 Å². The number of likely N-dealkylation sites (tertiary alicyclic amines) is 1. The molecule has 1 amide bonds. The van der Waals surface area contributed by atoms with E-state index in [9.17, 15) is 14.9 Å². The Balaban J connectivity index is 2.29. The van der Waals surface area contributed by atoms with Gasteiger partial charge in [0.15, 0.2) is 0 Å². The highest BCUT2D eigenvalue weighted by atomic mass is 127. The highest BCUT2D eigenvalue weighted by molar-refractivity contribution is 14.1. The smallest absolute Gasteiger partial charge is 0.270 e. The largest absolute Gasteiger partial charge is 0.336 e. The van der Waals surface area contributed by atoms with Gasteiger partial charge in [-0.25, -0.2) is 0 Å². The first-order valence-corrected chi connectivity index (χ1v) is 7.73. The molecule has 1 aliphatic heterocycles. The maximum Gasteiger partial charge on any atom is 0.270 e. The monoisotopic (exact) mass is 388 g/mol. The summed E-state index contributed by atoms with van der Waals surface area (Å²) < 4.78 is 0.754. The van der Waals surface area contributed by atoms with Gasteiger partial charge < -0.3 is 4.90 Å². The predicted octanol–water partition coefficient (Wildman–Crippen LogP) is 3.46. The molecule has 20 heavy (non-hydrogen) atoms. The fraction of sp³-hybridized carbons (Fsp3) is 0.500. The van der Waals surface area contributed by atoms with Crippen molar-refractivity contribution in [2.45, 2.75) is 32.7 Å². The molecule has 6 heteroatoms. The van der Waals surface area contributed by atoms with Crippen LogP contribution in [-0.4, -0.2) is 28.3 Å². The fourth-order valence-corrected chi connectivity index (χ4v) is 3.22. The SMILES string of the molecule is CC1CCN(C(=O)c2cc([N+](=O)[O-])ccc2I)C(C)C1. The first-order chi connectivity index (χ1) is 9.40. The van der Waals surface area contributed by atoms with Gasteiger partial charge in [0.05, 0.1) is 10.5 Å². The Bertz CT molecular complexity index is 547. The van der Waals surface area contributed by atoms with Crippen LogP contribution in [0.1, 0.15) is 37.0 Å². The molecule has 1 aliphatic rings. The third-order valence-electron chi connectivity index (χ3n) is 3.79. The van der Waals surface area contributed by atoms with Crippen LogP contribution in [0.5, 0.6) is 0 Å². The minimum Gasteiger partial charge on any atom is -0.336 e. The lowest BCUT2D eigenvalue weighted by Crippen LogP contribution is -2.44. The van der Waals surface area contributed by atoms with E-state index in [0.29, 0.717) is 11.5 Å². The molecule has 0 aliphatic carbocycles. The number of hydrogen-bond acceptors (Lipinski definition) is 3. The number of carbonyl (C=O) groups is 1. The standard InChI is InChI=1S/C14H17IN2O3/c1-9-5-6-16(10(2)7-9)14(18)12-8-11(17(19)20)3-4-13(12)15/h3-4,8-10H,5-7H2,1-2H3. The molecule has 2 rings (SSSR count). The van der Waals surface area contributed by atoms with Crippen molar-refractivity contribution in [2.24, 2.45) is 5.92 Å². The van der Waals surface area contributed by atoms with Crippen molar-refractivity contribution in [1.29, 1.82) is 0 Å². The van der Waals surface area contributed by atoms with E-state index in [1.54, 1.807) is 6.07 Å². The zero-order valence-electron chi connectivity index (χ0n) is 11.5. The van der Waals surface area contributed by atoms with Crippen LogP contribution in [0.4, 0.5) is 5.69 Å². The summed E-state index contributed by atoms with van der Waals surface area (Å²) in [6.07, 6.45) is 1.97. The fourth-order valence-electron chi connectivity index (χ4n) is 2.65. The predicted molar refractivity (Wildman–Crippen MR) is 84.7 cm³/mol. The Kier molecular flexibility index (Phi) is 4.62. The van der Waals surface area contributed by atoms with Gasteiger partial charge in [-0.15, -0.1) is 0 Å². The van der Waals surface area contributed by atoms with E-state index >= 15 is 0 Å². The van der Waals surface area contributed by atoms with Crippen LogP contribution >= 0.6 is 22.6 Å². The maximum atomic E-state index is 12.6. The van der Waals surface area contributed by atoms with Gasteiger partial charge in [-0.1, -0.05) is 6.92 Å². The van der Waals surface area contributed by atoms with Gasteiger partial charge in [-0.05, 0) is 54.3 Å². The quantitative estimate of drug-likeness (QED) is 0.443. The summed E-state index contributed by atoms with van der Waals surface area (Å²) in [6, 6.07) is 4.62. The van der Waals surface area contributed by atoms with Gasteiger partial charge in [-0.3, -0.25) is 14.9 Å². The third kappa shape index (κ3) is 3.11. The second-order valence-corrected chi connectivity index (χ2v) is 6.56. The van der Waals surface area contributed by atoms with Crippen LogP contribution in [0.15, 0.2) is 18.2 Å². The van der Waals surface area contributed by atoms with Crippen molar-refractivity contribution in [3.8, 4) is 0 Å².